The Morgan fingerprint density at radius 2 is 1.83 bits per heavy atom. The predicted octanol–water partition coefficient (Wildman–Crippen LogP) is 2.22. The Labute approximate surface area is 172 Å². The van der Waals surface area contributed by atoms with E-state index < -0.39 is 6.04 Å². The molecule has 10 heteroatoms. The molecule has 2 heterocycles. The fraction of sp³-hybridized carbons (Fsp3) is 0.250. The number of amides is 3. The summed E-state index contributed by atoms with van der Waals surface area (Å²) < 4.78 is 6.45. The molecule has 30 heavy (non-hydrogen) atoms. The second-order valence-electron chi connectivity index (χ2n) is 6.50. The zero-order chi connectivity index (χ0) is 21.3. The van der Waals surface area contributed by atoms with Crippen LogP contribution in [0.2, 0.25) is 0 Å². The molecule has 0 fully saturated rings. The van der Waals surface area contributed by atoms with Gasteiger partial charge in [0, 0.05) is 24.3 Å². The van der Waals surface area contributed by atoms with Crippen LogP contribution >= 0.6 is 0 Å². The molecule has 0 saturated heterocycles. The van der Waals surface area contributed by atoms with E-state index in [0.717, 1.165) is 0 Å². The molecule has 0 radical (unpaired) electrons. The van der Waals surface area contributed by atoms with E-state index in [1.165, 1.54) is 23.6 Å². The third-order valence-corrected chi connectivity index (χ3v) is 4.26. The molecule has 10 nitrogen and oxygen atoms in total. The highest BCUT2D eigenvalue weighted by Crippen LogP contribution is 2.16. The summed E-state index contributed by atoms with van der Waals surface area (Å²) in [5, 5.41) is 12.2. The van der Waals surface area contributed by atoms with Gasteiger partial charge in [0.2, 0.25) is 11.8 Å². The van der Waals surface area contributed by atoms with E-state index in [9.17, 15) is 14.4 Å². The van der Waals surface area contributed by atoms with Crippen molar-refractivity contribution in [3.05, 3.63) is 61.1 Å². The number of furan rings is 1. The van der Waals surface area contributed by atoms with Gasteiger partial charge in [0.05, 0.1) is 6.26 Å². The maximum Gasteiger partial charge on any atom is 0.286 e. The summed E-state index contributed by atoms with van der Waals surface area (Å²) in [5.41, 5.74) is 1.22. The fourth-order valence-corrected chi connectivity index (χ4v) is 2.59. The van der Waals surface area contributed by atoms with Gasteiger partial charge in [0.1, 0.15) is 18.7 Å². The van der Waals surface area contributed by atoms with E-state index in [1.54, 1.807) is 43.3 Å². The molecular formula is C20H22N6O4. The van der Waals surface area contributed by atoms with Gasteiger partial charge in [-0.05, 0) is 49.7 Å². The van der Waals surface area contributed by atoms with Gasteiger partial charge in [-0.25, -0.2) is 9.67 Å². The fourth-order valence-electron chi connectivity index (χ4n) is 2.59. The molecule has 0 spiro atoms. The maximum absolute atomic E-state index is 12.2. The lowest BCUT2D eigenvalue weighted by molar-refractivity contribution is -0.119. The number of carbonyl (C=O) groups is 3. The number of nitrogens with zero attached hydrogens (tertiary/aromatic N) is 3. The van der Waals surface area contributed by atoms with E-state index in [2.05, 4.69) is 26.0 Å². The number of nitrogens with one attached hydrogen (secondary N) is 3. The number of aromatic nitrogens is 3. The van der Waals surface area contributed by atoms with Crippen LogP contribution in [0.15, 0.2) is 59.7 Å². The molecular weight excluding hydrogens is 388 g/mol. The van der Waals surface area contributed by atoms with Gasteiger partial charge in [-0.1, -0.05) is 0 Å². The Morgan fingerprint density at radius 1 is 1.10 bits per heavy atom. The number of hydrogen-bond acceptors (Lipinski definition) is 6. The molecule has 3 aromatic rings. The highest BCUT2D eigenvalue weighted by Gasteiger charge is 2.15. The summed E-state index contributed by atoms with van der Waals surface area (Å²) in [5.74, 6) is -0.466. The van der Waals surface area contributed by atoms with Gasteiger partial charge >= 0.3 is 0 Å². The van der Waals surface area contributed by atoms with Crippen LogP contribution in [0.3, 0.4) is 0 Å². The van der Waals surface area contributed by atoms with Crippen LogP contribution < -0.4 is 16.0 Å². The van der Waals surface area contributed by atoms with E-state index in [-0.39, 0.29) is 29.9 Å². The standard InChI is InChI=1S/C20H22N6O4/c1-14(26-13-21-12-23-26)19(28)25-16-8-6-15(7-9-16)24-18(27)5-2-10-22-20(29)17-4-3-11-30-17/h3-4,6-9,11-14H,2,5,10H2,1H3,(H,22,29)(H,24,27)(H,25,28). The van der Waals surface area contributed by atoms with E-state index in [1.807, 2.05) is 0 Å². The average molecular weight is 410 g/mol. The van der Waals surface area contributed by atoms with Gasteiger partial charge in [-0.15, -0.1) is 0 Å². The van der Waals surface area contributed by atoms with Crippen LogP contribution in [-0.4, -0.2) is 39.0 Å². The minimum atomic E-state index is -0.500. The number of rotatable bonds is 9. The van der Waals surface area contributed by atoms with Crippen molar-refractivity contribution in [1.29, 1.82) is 0 Å². The van der Waals surface area contributed by atoms with Crippen molar-refractivity contribution in [2.75, 3.05) is 17.2 Å². The molecule has 0 saturated carbocycles. The summed E-state index contributed by atoms with van der Waals surface area (Å²) in [6.07, 6.45) is 5.02. The van der Waals surface area contributed by atoms with E-state index >= 15 is 0 Å². The van der Waals surface area contributed by atoms with Crippen molar-refractivity contribution in [2.45, 2.75) is 25.8 Å². The lowest BCUT2D eigenvalue weighted by Gasteiger charge is -2.12. The molecule has 1 atom stereocenters. The summed E-state index contributed by atoms with van der Waals surface area (Å²) in [4.78, 5) is 39.8. The highest BCUT2D eigenvalue weighted by atomic mass is 16.3. The van der Waals surface area contributed by atoms with Crippen LogP contribution in [0.25, 0.3) is 0 Å². The van der Waals surface area contributed by atoms with Gasteiger partial charge in [0.15, 0.2) is 5.76 Å². The van der Waals surface area contributed by atoms with E-state index in [4.69, 9.17) is 4.42 Å². The molecule has 1 aromatic carbocycles. The van der Waals surface area contributed by atoms with Crippen molar-refractivity contribution in [3.8, 4) is 0 Å². The first-order chi connectivity index (χ1) is 14.5. The van der Waals surface area contributed by atoms with Crippen molar-refractivity contribution < 1.29 is 18.8 Å². The van der Waals surface area contributed by atoms with Crippen molar-refractivity contribution in [1.82, 2.24) is 20.1 Å². The SMILES string of the molecule is CC(C(=O)Nc1ccc(NC(=O)CCCNC(=O)c2ccco2)cc1)n1cncn1. The quantitative estimate of drug-likeness (QED) is 0.464. The molecule has 1 unspecified atom stereocenters. The number of anilines is 2. The van der Waals surface area contributed by atoms with Crippen LogP contribution in [0.5, 0.6) is 0 Å². The smallest absolute Gasteiger partial charge is 0.286 e. The lowest BCUT2D eigenvalue weighted by atomic mass is 10.2. The van der Waals surface area contributed by atoms with Crippen LogP contribution in [0.4, 0.5) is 11.4 Å². The Balaban J connectivity index is 1.38. The maximum atomic E-state index is 12.2. The molecule has 156 valence electrons. The van der Waals surface area contributed by atoms with Crippen LogP contribution in [-0.2, 0) is 9.59 Å². The van der Waals surface area contributed by atoms with Crippen molar-refractivity contribution in [2.24, 2.45) is 0 Å². The first kappa shape index (κ1) is 20.8. The summed E-state index contributed by atoms with van der Waals surface area (Å²) in [6.45, 7) is 2.08. The largest absolute Gasteiger partial charge is 0.459 e. The Kier molecular flexibility index (Phi) is 6.93. The first-order valence-electron chi connectivity index (χ1n) is 9.39. The van der Waals surface area contributed by atoms with Gasteiger partial charge < -0.3 is 20.4 Å². The molecule has 0 aliphatic carbocycles. The average Bonchev–Trinajstić information content (AvgIpc) is 3.46. The minimum absolute atomic E-state index is 0.168. The molecule has 0 aliphatic rings. The normalized spacial score (nSPS) is 11.5. The van der Waals surface area contributed by atoms with Gasteiger partial charge in [-0.2, -0.15) is 5.10 Å². The van der Waals surface area contributed by atoms with Gasteiger partial charge in [-0.3, -0.25) is 14.4 Å². The molecule has 2 aromatic heterocycles. The minimum Gasteiger partial charge on any atom is -0.459 e. The molecule has 0 bridgehead atoms. The highest BCUT2D eigenvalue weighted by molar-refractivity contribution is 5.94. The van der Waals surface area contributed by atoms with E-state index in [0.29, 0.717) is 24.3 Å². The Morgan fingerprint density at radius 3 is 2.47 bits per heavy atom. The summed E-state index contributed by atoms with van der Waals surface area (Å²) in [6, 6.07) is 9.51. The van der Waals surface area contributed by atoms with Crippen molar-refractivity contribution >= 4 is 29.1 Å². The molecule has 3 rings (SSSR count). The molecule has 0 aliphatic heterocycles. The second-order valence-corrected chi connectivity index (χ2v) is 6.50. The number of carbonyl (C=O) groups excluding carboxylic acids is 3. The molecule has 3 N–H and O–H groups in total. The third-order valence-electron chi connectivity index (χ3n) is 4.26. The van der Waals surface area contributed by atoms with Crippen LogP contribution in [0.1, 0.15) is 36.4 Å². The number of benzene rings is 1. The Hall–Kier alpha value is -3.95. The Bertz CT molecular complexity index is 967. The first-order valence-corrected chi connectivity index (χ1v) is 9.39. The number of hydrogen-bond donors (Lipinski definition) is 3. The van der Waals surface area contributed by atoms with Crippen molar-refractivity contribution in [3.63, 3.8) is 0 Å². The predicted molar refractivity (Wildman–Crippen MR) is 109 cm³/mol. The zero-order valence-electron chi connectivity index (χ0n) is 16.4. The summed E-state index contributed by atoms with van der Waals surface area (Å²) in [7, 11) is 0. The third kappa shape index (κ3) is 5.77. The van der Waals surface area contributed by atoms with Gasteiger partial charge in [0.25, 0.3) is 5.91 Å². The lowest BCUT2D eigenvalue weighted by Crippen LogP contribution is -2.25. The zero-order valence-corrected chi connectivity index (χ0v) is 16.4. The topological polar surface area (TPSA) is 131 Å². The summed E-state index contributed by atoms with van der Waals surface area (Å²) >= 11 is 0. The van der Waals surface area contributed by atoms with Crippen LogP contribution in [0, 0.1) is 0 Å². The monoisotopic (exact) mass is 410 g/mol. The molecule has 3 amide bonds. The second kappa shape index (κ2) is 10.0.